The fourth-order valence-electron chi connectivity index (χ4n) is 3.26. The molecule has 1 atom stereocenters. The number of ether oxygens (including phenoxy) is 1. The molecule has 1 aromatic rings. The first-order valence-corrected chi connectivity index (χ1v) is 7.80. The third-order valence-electron chi connectivity index (χ3n) is 4.46. The van der Waals surface area contributed by atoms with E-state index in [9.17, 15) is 5.11 Å². The maximum atomic E-state index is 9.40. The predicted octanol–water partition coefficient (Wildman–Crippen LogP) is 4.51. The Morgan fingerprint density at radius 2 is 2.10 bits per heavy atom. The van der Waals surface area contributed by atoms with Gasteiger partial charge >= 0.3 is 0 Å². The summed E-state index contributed by atoms with van der Waals surface area (Å²) in [6.07, 6.45) is 3.77. The molecule has 0 heterocycles. The van der Waals surface area contributed by atoms with Crippen LogP contribution in [0.1, 0.15) is 64.0 Å². The molecule has 0 spiro atoms. The van der Waals surface area contributed by atoms with Gasteiger partial charge < -0.3 is 9.84 Å². The fraction of sp³-hybridized carbons (Fsp3) is 0.667. The predicted molar refractivity (Wildman–Crippen MR) is 83.1 cm³/mol. The first kappa shape index (κ1) is 15.4. The van der Waals surface area contributed by atoms with E-state index in [1.807, 2.05) is 12.1 Å². The zero-order chi connectivity index (χ0) is 14.8. The van der Waals surface area contributed by atoms with E-state index in [4.69, 9.17) is 4.74 Å². The molecule has 1 aromatic carbocycles. The monoisotopic (exact) mass is 276 g/mol. The van der Waals surface area contributed by atoms with Crippen molar-refractivity contribution in [2.24, 2.45) is 11.3 Å². The average molecular weight is 276 g/mol. The zero-order valence-electron chi connectivity index (χ0n) is 13.3. The minimum absolute atomic E-state index is 0.102. The van der Waals surface area contributed by atoms with E-state index in [-0.39, 0.29) is 6.61 Å². The molecule has 1 saturated carbocycles. The van der Waals surface area contributed by atoms with Crippen LogP contribution >= 0.6 is 0 Å². The summed E-state index contributed by atoms with van der Waals surface area (Å²) in [4.78, 5) is 0. The minimum atomic E-state index is 0.102. The van der Waals surface area contributed by atoms with E-state index in [0.717, 1.165) is 17.9 Å². The van der Waals surface area contributed by atoms with Crippen molar-refractivity contribution in [3.63, 3.8) is 0 Å². The van der Waals surface area contributed by atoms with Gasteiger partial charge in [0.15, 0.2) is 0 Å². The lowest BCUT2D eigenvalue weighted by molar-refractivity contribution is 0.257. The van der Waals surface area contributed by atoms with Gasteiger partial charge in [0.25, 0.3) is 0 Å². The molecule has 20 heavy (non-hydrogen) atoms. The van der Waals surface area contributed by atoms with Crippen LogP contribution in [0.4, 0.5) is 0 Å². The van der Waals surface area contributed by atoms with Crippen molar-refractivity contribution in [3.8, 4) is 5.75 Å². The molecule has 0 amide bonds. The Balaban J connectivity index is 2.32. The number of rotatable bonds is 5. The van der Waals surface area contributed by atoms with Gasteiger partial charge in [0.1, 0.15) is 5.75 Å². The number of hydrogen-bond acceptors (Lipinski definition) is 2. The molecule has 0 unspecified atom stereocenters. The summed E-state index contributed by atoms with van der Waals surface area (Å²) in [6.45, 7) is 9.89. The van der Waals surface area contributed by atoms with Crippen molar-refractivity contribution in [2.75, 3.05) is 6.61 Å². The van der Waals surface area contributed by atoms with Crippen LogP contribution in [-0.4, -0.2) is 11.7 Å². The quantitative estimate of drug-likeness (QED) is 0.857. The highest BCUT2D eigenvalue weighted by atomic mass is 16.5. The van der Waals surface area contributed by atoms with Gasteiger partial charge in [-0.25, -0.2) is 0 Å². The van der Waals surface area contributed by atoms with Crippen molar-refractivity contribution in [1.82, 2.24) is 0 Å². The Bertz CT molecular complexity index is 449. The molecular weight excluding hydrogens is 248 g/mol. The molecule has 1 N–H and O–H groups in total. The Kier molecular flexibility index (Phi) is 4.74. The van der Waals surface area contributed by atoms with E-state index in [2.05, 4.69) is 33.8 Å². The SMILES string of the molecule is CC(C)COc1ccc(CO)cc1[C@@H]1CCCC1(C)C. The standard InChI is InChI=1S/C18H28O2/c1-13(2)12-20-17-8-7-14(11-19)10-15(17)16-6-5-9-18(16,3)4/h7-8,10,13,16,19H,5-6,9,11-12H2,1-4H3/t16-/m0/s1. The van der Waals surface area contributed by atoms with Crippen molar-refractivity contribution >= 4 is 0 Å². The third-order valence-corrected chi connectivity index (χ3v) is 4.46. The fourth-order valence-corrected chi connectivity index (χ4v) is 3.26. The second-order valence-electron chi connectivity index (χ2n) is 7.17. The molecule has 1 aliphatic carbocycles. The van der Waals surface area contributed by atoms with Crippen LogP contribution in [-0.2, 0) is 6.61 Å². The van der Waals surface area contributed by atoms with E-state index in [1.54, 1.807) is 0 Å². The second kappa shape index (κ2) is 6.17. The average Bonchev–Trinajstić information content (AvgIpc) is 2.75. The first-order chi connectivity index (χ1) is 9.44. The van der Waals surface area contributed by atoms with Gasteiger partial charge in [-0.2, -0.15) is 0 Å². The lowest BCUT2D eigenvalue weighted by Gasteiger charge is -2.29. The Morgan fingerprint density at radius 1 is 1.35 bits per heavy atom. The Labute approximate surface area is 123 Å². The van der Waals surface area contributed by atoms with Crippen LogP contribution < -0.4 is 4.74 Å². The lowest BCUT2D eigenvalue weighted by Crippen LogP contribution is -2.17. The number of hydrogen-bond donors (Lipinski definition) is 1. The summed E-state index contributed by atoms with van der Waals surface area (Å²) in [7, 11) is 0. The molecule has 2 nitrogen and oxygen atoms in total. The van der Waals surface area contributed by atoms with E-state index in [1.165, 1.54) is 24.8 Å². The van der Waals surface area contributed by atoms with Gasteiger partial charge in [-0.15, -0.1) is 0 Å². The lowest BCUT2D eigenvalue weighted by atomic mass is 9.77. The topological polar surface area (TPSA) is 29.5 Å². The molecule has 0 radical (unpaired) electrons. The first-order valence-electron chi connectivity index (χ1n) is 7.80. The van der Waals surface area contributed by atoms with Crippen LogP contribution in [0.3, 0.4) is 0 Å². The maximum absolute atomic E-state index is 9.40. The molecule has 1 fully saturated rings. The molecule has 2 heteroatoms. The number of aliphatic hydroxyl groups is 1. The second-order valence-corrected chi connectivity index (χ2v) is 7.17. The molecule has 0 bridgehead atoms. The Morgan fingerprint density at radius 3 is 2.65 bits per heavy atom. The van der Waals surface area contributed by atoms with Crippen LogP contribution in [0.15, 0.2) is 18.2 Å². The molecule has 112 valence electrons. The molecule has 1 aliphatic rings. The van der Waals surface area contributed by atoms with Crippen molar-refractivity contribution in [1.29, 1.82) is 0 Å². The highest BCUT2D eigenvalue weighted by molar-refractivity contribution is 5.41. The van der Waals surface area contributed by atoms with Gasteiger partial charge in [-0.3, -0.25) is 0 Å². The highest BCUT2D eigenvalue weighted by Crippen LogP contribution is 2.51. The maximum Gasteiger partial charge on any atom is 0.122 e. The van der Waals surface area contributed by atoms with Gasteiger partial charge in [0, 0.05) is 0 Å². The minimum Gasteiger partial charge on any atom is -0.493 e. The molecular formula is C18H28O2. The number of benzene rings is 1. The molecule has 0 aromatic heterocycles. The van der Waals surface area contributed by atoms with Gasteiger partial charge in [0.05, 0.1) is 13.2 Å². The molecule has 0 saturated heterocycles. The van der Waals surface area contributed by atoms with E-state index < -0.39 is 0 Å². The molecule has 0 aliphatic heterocycles. The zero-order valence-corrected chi connectivity index (χ0v) is 13.3. The van der Waals surface area contributed by atoms with E-state index >= 15 is 0 Å². The highest BCUT2D eigenvalue weighted by Gasteiger charge is 2.37. The summed E-state index contributed by atoms with van der Waals surface area (Å²) < 4.78 is 6.02. The van der Waals surface area contributed by atoms with Gasteiger partial charge in [0.2, 0.25) is 0 Å². The summed E-state index contributed by atoms with van der Waals surface area (Å²) in [6, 6.07) is 6.16. The normalized spacial score (nSPS) is 21.4. The largest absolute Gasteiger partial charge is 0.493 e. The summed E-state index contributed by atoms with van der Waals surface area (Å²) in [5.41, 5.74) is 2.60. The van der Waals surface area contributed by atoms with Crippen LogP contribution in [0.5, 0.6) is 5.75 Å². The van der Waals surface area contributed by atoms with Crippen molar-refractivity contribution < 1.29 is 9.84 Å². The summed E-state index contributed by atoms with van der Waals surface area (Å²) in [5, 5.41) is 9.40. The third kappa shape index (κ3) is 3.35. The summed E-state index contributed by atoms with van der Waals surface area (Å²) in [5.74, 6) is 2.07. The number of aliphatic hydroxyl groups excluding tert-OH is 1. The van der Waals surface area contributed by atoms with Crippen LogP contribution in [0, 0.1) is 11.3 Å². The van der Waals surface area contributed by atoms with Crippen LogP contribution in [0.25, 0.3) is 0 Å². The van der Waals surface area contributed by atoms with Crippen molar-refractivity contribution in [2.45, 2.75) is 59.5 Å². The molecule has 2 rings (SSSR count). The van der Waals surface area contributed by atoms with E-state index in [0.29, 0.717) is 17.3 Å². The van der Waals surface area contributed by atoms with Crippen molar-refractivity contribution in [3.05, 3.63) is 29.3 Å². The summed E-state index contributed by atoms with van der Waals surface area (Å²) >= 11 is 0. The van der Waals surface area contributed by atoms with Gasteiger partial charge in [-0.05, 0) is 53.4 Å². The van der Waals surface area contributed by atoms with Crippen LogP contribution in [0.2, 0.25) is 0 Å². The Hall–Kier alpha value is -1.02. The smallest absolute Gasteiger partial charge is 0.122 e. The van der Waals surface area contributed by atoms with Gasteiger partial charge in [-0.1, -0.05) is 40.2 Å².